The van der Waals surface area contributed by atoms with E-state index in [1.807, 2.05) is 0 Å². The number of benzene rings is 1. The number of rotatable bonds is 12. The molecule has 0 N–H and O–H groups in total. The van der Waals surface area contributed by atoms with Crippen LogP contribution in [-0.4, -0.2) is 42.5 Å². The number of Topliss-reactive ketones (excluding diaryl/α,β-unsaturated/α-hetero) is 3. The lowest BCUT2D eigenvalue weighted by Gasteiger charge is -2.23. The highest BCUT2D eigenvalue weighted by Crippen LogP contribution is 2.27. The van der Waals surface area contributed by atoms with Crippen molar-refractivity contribution in [1.82, 2.24) is 0 Å². The number of carbonyl (C=O) groups is 5. The molecule has 1 aromatic carbocycles. The third-order valence-electron chi connectivity index (χ3n) is 4.59. The van der Waals surface area contributed by atoms with Gasteiger partial charge in [0.15, 0.2) is 5.78 Å². The SMILES string of the molecule is CCOC(=O)C(CC(CC(C(C)=O)C(=O)OCC)C(=O)c1ccccc1)C(C)=O. The van der Waals surface area contributed by atoms with E-state index in [9.17, 15) is 24.0 Å². The van der Waals surface area contributed by atoms with Crippen molar-refractivity contribution < 1.29 is 33.4 Å². The summed E-state index contributed by atoms with van der Waals surface area (Å²) in [4.78, 5) is 61.6. The molecule has 7 nitrogen and oxygen atoms in total. The Morgan fingerprint density at radius 1 is 0.759 bits per heavy atom. The number of ether oxygens (including phenoxy) is 2. The molecular weight excluding hydrogens is 376 g/mol. The van der Waals surface area contributed by atoms with Crippen molar-refractivity contribution in [2.24, 2.45) is 17.8 Å². The van der Waals surface area contributed by atoms with Gasteiger partial charge in [-0.05, 0) is 40.5 Å². The van der Waals surface area contributed by atoms with E-state index in [1.165, 1.54) is 13.8 Å². The molecular formula is C22H28O7. The minimum Gasteiger partial charge on any atom is -0.465 e. The van der Waals surface area contributed by atoms with E-state index in [-0.39, 0.29) is 31.8 Å². The molecule has 0 fully saturated rings. The molecule has 0 saturated heterocycles. The van der Waals surface area contributed by atoms with Gasteiger partial charge in [-0.1, -0.05) is 30.3 Å². The van der Waals surface area contributed by atoms with Crippen molar-refractivity contribution in [3.8, 4) is 0 Å². The Kier molecular flexibility index (Phi) is 9.92. The second-order valence-corrected chi connectivity index (χ2v) is 6.73. The lowest BCUT2D eigenvalue weighted by atomic mass is 9.80. The first-order valence-electron chi connectivity index (χ1n) is 9.66. The molecule has 7 heteroatoms. The van der Waals surface area contributed by atoms with Gasteiger partial charge in [0.2, 0.25) is 0 Å². The summed E-state index contributed by atoms with van der Waals surface area (Å²) in [5.74, 6) is -5.88. The Morgan fingerprint density at radius 2 is 1.17 bits per heavy atom. The van der Waals surface area contributed by atoms with Crippen LogP contribution in [0.5, 0.6) is 0 Å². The average molecular weight is 404 g/mol. The fraction of sp³-hybridized carbons (Fsp3) is 0.500. The molecule has 0 aliphatic rings. The van der Waals surface area contributed by atoms with Crippen LogP contribution in [0.15, 0.2) is 30.3 Å². The summed E-state index contributed by atoms with van der Waals surface area (Å²) in [6.45, 7) is 5.93. The summed E-state index contributed by atoms with van der Waals surface area (Å²) in [7, 11) is 0. The van der Waals surface area contributed by atoms with Gasteiger partial charge < -0.3 is 9.47 Å². The van der Waals surface area contributed by atoms with E-state index >= 15 is 0 Å². The third-order valence-corrected chi connectivity index (χ3v) is 4.59. The number of ketones is 3. The van der Waals surface area contributed by atoms with Crippen molar-refractivity contribution in [2.75, 3.05) is 13.2 Å². The lowest BCUT2D eigenvalue weighted by molar-refractivity contribution is -0.151. The van der Waals surface area contributed by atoms with Crippen LogP contribution in [-0.2, 0) is 28.7 Å². The third kappa shape index (κ3) is 7.25. The van der Waals surface area contributed by atoms with Gasteiger partial charge in [0.05, 0.1) is 13.2 Å². The first-order valence-corrected chi connectivity index (χ1v) is 9.66. The summed E-state index contributed by atoms with van der Waals surface area (Å²) in [6.07, 6.45) is -0.295. The number of carbonyl (C=O) groups excluding carboxylic acids is 5. The van der Waals surface area contributed by atoms with Crippen LogP contribution >= 0.6 is 0 Å². The van der Waals surface area contributed by atoms with Gasteiger partial charge in [-0.15, -0.1) is 0 Å². The summed E-state index contributed by atoms with van der Waals surface area (Å²) >= 11 is 0. The number of hydrogen-bond donors (Lipinski definition) is 0. The van der Waals surface area contributed by atoms with Crippen molar-refractivity contribution in [2.45, 2.75) is 40.5 Å². The molecule has 0 saturated carbocycles. The van der Waals surface area contributed by atoms with Crippen LogP contribution in [0.3, 0.4) is 0 Å². The number of hydrogen-bond acceptors (Lipinski definition) is 7. The molecule has 0 radical (unpaired) electrons. The summed E-state index contributed by atoms with van der Waals surface area (Å²) in [5.41, 5.74) is 0.370. The van der Waals surface area contributed by atoms with E-state index < -0.39 is 41.3 Å². The van der Waals surface area contributed by atoms with Crippen LogP contribution in [0.4, 0.5) is 0 Å². The van der Waals surface area contributed by atoms with Crippen LogP contribution in [0.25, 0.3) is 0 Å². The van der Waals surface area contributed by atoms with Crippen LogP contribution in [0, 0.1) is 17.8 Å². The van der Waals surface area contributed by atoms with E-state index in [2.05, 4.69) is 0 Å². The second kappa shape index (κ2) is 11.9. The standard InChI is InChI=1S/C22H28O7/c1-5-28-21(26)18(14(3)23)12-17(20(25)16-10-8-7-9-11-16)13-19(15(4)24)22(27)29-6-2/h7-11,17-19H,5-6,12-13H2,1-4H3. The zero-order chi connectivity index (χ0) is 22.0. The Hall–Kier alpha value is -2.83. The summed E-state index contributed by atoms with van der Waals surface area (Å²) in [6, 6.07) is 8.34. The quantitative estimate of drug-likeness (QED) is 0.300. The van der Waals surface area contributed by atoms with Gasteiger partial charge in [-0.25, -0.2) is 0 Å². The molecule has 1 rings (SSSR count). The molecule has 0 amide bonds. The van der Waals surface area contributed by atoms with E-state index in [1.54, 1.807) is 44.2 Å². The van der Waals surface area contributed by atoms with Gasteiger partial charge in [0.1, 0.15) is 23.4 Å². The zero-order valence-corrected chi connectivity index (χ0v) is 17.3. The van der Waals surface area contributed by atoms with Gasteiger partial charge in [0.25, 0.3) is 0 Å². The largest absolute Gasteiger partial charge is 0.465 e. The topological polar surface area (TPSA) is 104 Å². The highest BCUT2D eigenvalue weighted by molar-refractivity contribution is 6.02. The van der Waals surface area contributed by atoms with Crippen LogP contribution in [0.1, 0.15) is 50.9 Å². The molecule has 2 atom stereocenters. The Morgan fingerprint density at radius 3 is 1.52 bits per heavy atom. The molecule has 0 heterocycles. The maximum Gasteiger partial charge on any atom is 0.316 e. The molecule has 158 valence electrons. The predicted molar refractivity (Wildman–Crippen MR) is 105 cm³/mol. The monoisotopic (exact) mass is 404 g/mol. The molecule has 0 bridgehead atoms. The highest BCUT2D eigenvalue weighted by Gasteiger charge is 2.36. The van der Waals surface area contributed by atoms with Crippen molar-refractivity contribution in [3.63, 3.8) is 0 Å². The minimum absolute atomic E-state index is 0.0960. The van der Waals surface area contributed by atoms with Crippen molar-refractivity contribution in [3.05, 3.63) is 35.9 Å². The predicted octanol–water partition coefficient (Wildman–Crippen LogP) is 2.80. The molecule has 0 aliphatic carbocycles. The maximum absolute atomic E-state index is 13.1. The second-order valence-electron chi connectivity index (χ2n) is 6.73. The van der Waals surface area contributed by atoms with Crippen molar-refractivity contribution in [1.29, 1.82) is 0 Å². The molecule has 0 aromatic heterocycles. The first-order chi connectivity index (χ1) is 13.7. The molecule has 0 aliphatic heterocycles. The molecule has 1 aromatic rings. The smallest absolute Gasteiger partial charge is 0.316 e. The van der Waals surface area contributed by atoms with E-state index in [0.29, 0.717) is 5.56 Å². The Labute approximate surface area is 170 Å². The zero-order valence-electron chi connectivity index (χ0n) is 17.3. The number of esters is 2. The van der Waals surface area contributed by atoms with Gasteiger partial charge in [-0.2, -0.15) is 0 Å². The van der Waals surface area contributed by atoms with E-state index in [0.717, 1.165) is 0 Å². The normalized spacial score (nSPS) is 13.7. The van der Waals surface area contributed by atoms with Crippen LogP contribution < -0.4 is 0 Å². The fourth-order valence-electron chi connectivity index (χ4n) is 3.06. The first kappa shape index (κ1) is 24.2. The summed E-state index contributed by atoms with van der Waals surface area (Å²) in [5, 5.41) is 0. The lowest BCUT2D eigenvalue weighted by Crippen LogP contribution is -2.33. The molecule has 0 spiro atoms. The van der Waals surface area contributed by atoms with Gasteiger partial charge in [0, 0.05) is 11.5 Å². The summed E-state index contributed by atoms with van der Waals surface area (Å²) < 4.78 is 9.92. The van der Waals surface area contributed by atoms with Gasteiger partial charge >= 0.3 is 11.9 Å². The Bertz CT molecular complexity index is 701. The maximum atomic E-state index is 13.1. The van der Waals surface area contributed by atoms with Crippen molar-refractivity contribution >= 4 is 29.3 Å². The average Bonchev–Trinajstić information content (AvgIpc) is 2.68. The fourth-order valence-corrected chi connectivity index (χ4v) is 3.06. The van der Waals surface area contributed by atoms with E-state index in [4.69, 9.17) is 9.47 Å². The van der Waals surface area contributed by atoms with Gasteiger partial charge in [-0.3, -0.25) is 24.0 Å². The Balaban J connectivity index is 3.24. The highest BCUT2D eigenvalue weighted by atomic mass is 16.5. The minimum atomic E-state index is -1.15. The van der Waals surface area contributed by atoms with Crippen LogP contribution in [0.2, 0.25) is 0 Å². The molecule has 2 unspecified atom stereocenters. The molecule has 29 heavy (non-hydrogen) atoms.